The van der Waals surface area contributed by atoms with Gasteiger partial charge in [0.2, 0.25) is 5.91 Å². The number of carbonyl (C=O) groups is 1. The number of amides is 1. The molecule has 0 saturated heterocycles. The van der Waals surface area contributed by atoms with Gasteiger partial charge in [0.05, 0.1) is 13.0 Å². The summed E-state index contributed by atoms with van der Waals surface area (Å²) < 4.78 is 6.27. The summed E-state index contributed by atoms with van der Waals surface area (Å²) in [5, 5.41) is 0. The Morgan fingerprint density at radius 2 is 2.05 bits per heavy atom. The van der Waals surface area contributed by atoms with Gasteiger partial charge in [-0.1, -0.05) is 22.9 Å². The molecule has 0 aliphatic carbocycles. The fourth-order valence-electron chi connectivity index (χ4n) is 1.78. The standard InChI is InChI=1S/C14H21BrN2O2.ClH/c1-9(10(2)16)14(18)17(3)8-11-7-12(15)5-6-13(11)19-4;/h5-7,9-10H,8,16H2,1-4H3;1H. The summed E-state index contributed by atoms with van der Waals surface area (Å²) in [6.45, 7) is 4.19. The van der Waals surface area contributed by atoms with Crippen LogP contribution in [0.1, 0.15) is 19.4 Å². The fourth-order valence-corrected chi connectivity index (χ4v) is 2.19. The predicted molar refractivity (Wildman–Crippen MR) is 87.2 cm³/mol. The molecule has 1 aromatic rings. The Hall–Kier alpha value is -0.780. The number of rotatable bonds is 5. The number of halogens is 2. The molecule has 0 radical (unpaired) electrons. The smallest absolute Gasteiger partial charge is 0.226 e. The van der Waals surface area contributed by atoms with E-state index in [1.165, 1.54) is 0 Å². The third kappa shape index (κ3) is 4.96. The Bertz CT molecular complexity index is 455. The molecule has 2 unspecified atom stereocenters. The Morgan fingerprint density at radius 3 is 2.55 bits per heavy atom. The summed E-state index contributed by atoms with van der Waals surface area (Å²) in [4.78, 5) is 13.8. The first-order valence-electron chi connectivity index (χ1n) is 6.19. The topological polar surface area (TPSA) is 55.6 Å². The molecular weight excluding hydrogens is 344 g/mol. The molecule has 20 heavy (non-hydrogen) atoms. The summed E-state index contributed by atoms with van der Waals surface area (Å²) >= 11 is 3.43. The molecule has 0 saturated carbocycles. The molecule has 1 aromatic carbocycles. The molecule has 0 heterocycles. The van der Waals surface area contributed by atoms with Crippen LogP contribution in [-0.4, -0.2) is 31.0 Å². The molecule has 4 nitrogen and oxygen atoms in total. The first kappa shape index (κ1) is 19.2. The highest BCUT2D eigenvalue weighted by atomic mass is 79.9. The van der Waals surface area contributed by atoms with Gasteiger partial charge in [-0.15, -0.1) is 12.4 Å². The highest BCUT2D eigenvalue weighted by molar-refractivity contribution is 9.10. The Labute approximate surface area is 135 Å². The van der Waals surface area contributed by atoms with Crippen molar-refractivity contribution in [2.45, 2.75) is 26.4 Å². The van der Waals surface area contributed by atoms with Crippen molar-refractivity contribution in [2.24, 2.45) is 11.7 Å². The fraction of sp³-hybridized carbons (Fsp3) is 0.500. The lowest BCUT2D eigenvalue weighted by atomic mass is 10.0. The van der Waals surface area contributed by atoms with Crippen LogP contribution in [0.2, 0.25) is 0 Å². The van der Waals surface area contributed by atoms with Crippen LogP contribution in [0, 0.1) is 5.92 Å². The average molecular weight is 366 g/mol. The van der Waals surface area contributed by atoms with Crippen LogP contribution in [-0.2, 0) is 11.3 Å². The van der Waals surface area contributed by atoms with Gasteiger partial charge in [-0.25, -0.2) is 0 Å². The summed E-state index contributed by atoms with van der Waals surface area (Å²) in [7, 11) is 3.40. The third-order valence-corrected chi connectivity index (χ3v) is 3.70. The number of hydrogen-bond acceptors (Lipinski definition) is 3. The zero-order valence-corrected chi connectivity index (χ0v) is 14.6. The van der Waals surface area contributed by atoms with E-state index in [0.717, 1.165) is 15.8 Å². The SMILES string of the molecule is COc1ccc(Br)cc1CN(C)C(=O)C(C)C(C)N.Cl. The molecule has 0 fully saturated rings. The van der Waals surface area contributed by atoms with Gasteiger partial charge in [-0.2, -0.15) is 0 Å². The highest BCUT2D eigenvalue weighted by Gasteiger charge is 2.21. The lowest BCUT2D eigenvalue weighted by Gasteiger charge is -2.24. The monoisotopic (exact) mass is 364 g/mol. The summed E-state index contributed by atoms with van der Waals surface area (Å²) in [5.41, 5.74) is 6.73. The largest absolute Gasteiger partial charge is 0.496 e. The lowest BCUT2D eigenvalue weighted by Crippen LogP contribution is -2.39. The van der Waals surface area contributed by atoms with E-state index in [1.807, 2.05) is 32.0 Å². The first-order chi connectivity index (χ1) is 8.86. The van der Waals surface area contributed by atoms with Crippen molar-refractivity contribution in [3.63, 3.8) is 0 Å². The van der Waals surface area contributed by atoms with Crippen LogP contribution in [0.5, 0.6) is 5.75 Å². The second kappa shape index (κ2) is 8.49. The van der Waals surface area contributed by atoms with Gasteiger partial charge in [0.25, 0.3) is 0 Å². The molecule has 6 heteroatoms. The maximum atomic E-state index is 12.2. The van der Waals surface area contributed by atoms with E-state index in [2.05, 4.69) is 15.9 Å². The van der Waals surface area contributed by atoms with Crippen molar-refractivity contribution in [1.29, 1.82) is 0 Å². The van der Waals surface area contributed by atoms with Gasteiger partial charge in [0.15, 0.2) is 0 Å². The van der Waals surface area contributed by atoms with E-state index in [9.17, 15) is 4.79 Å². The zero-order chi connectivity index (χ0) is 14.6. The van der Waals surface area contributed by atoms with Crippen LogP contribution >= 0.6 is 28.3 Å². The molecule has 2 N–H and O–H groups in total. The lowest BCUT2D eigenvalue weighted by molar-refractivity contribution is -0.134. The molecule has 0 aliphatic heterocycles. The summed E-state index contributed by atoms with van der Waals surface area (Å²) in [5.74, 6) is 0.622. The van der Waals surface area contributed by atoms with E-state index in [0.29, 0.717) is 6.54 Å². The molecule has 0 bridgehead atoms. The molecule has 1 amide bonds. The van der Waals surface area contributed by atoms with E-state index in [4.69, 9.17) is 10.5 Å². The molecule has 0 aliphatic rings. The number of methoxy groups -OCH3 is 1. The van der Waals surface area contributed by atoms with Crippen LogP contribution in [0.3, 0.4) is 0 Å². The maximum Gasteiger partial charge on any atom is 0.226 e. The first-order valence-corrected chi connectivity index (χ1v) is 6.99. The second-order valence-corrected chi connectivity index (χ2v) is 5.71. The predicted octanol–water partition coefficient (Wildman–Crippen LogP) is 2.82. The summed E-state index contributed by atoms with van der Waals surface area (Å²) in [6, 6.07) is 5.60. The van der Waals surface area contributed by atoms with Gasteiger partial charge in [0.1, 0.15) is 5.75 Å². The minimum absolute atomic E-state index is 0. The van der Waals surface area contributed by atoms with Crippen molar-refractivity contribution in [1.82, 2.24) is 4.90 Å². The number of benzene rings is 1. The number of nitrogens with two attached hydrogens (primary N) is 1. The van der Waals surface area contributed by atoms with Crippen molar-refractivity contribution in [3.8, 4) is 5.75 Å². The van der Waals surface area contributed by atoms with Crippen LogP contribution in [0.4, 0.5) is 0 Å². The van der Waals surface area contributed by atoms with Crippen LogP contribution < -0.4 is 10.5 Å². The maximum absolute atomic E-state index is 12.2. The van der Waals surface area contributed by atoms with Gasteiger partial charge in [-0.05, 0) is 25.1 Å². The van der Waals surface area contributed by atoms with Gasteiger partial charge in [0, 0.05) is 29.7 Å². The number of nitrogens with zero attached hydrogens (tertiary/aromatic N) is 1. The second-order valence-electron chi connectivity index (χ2n) is 4.80. The minimum atomic E-state index is -0.192. The number of carbonyl (C=O) groups excluding carboxylic acids is 1. The van der Waals surface area contributed by atoms with Crippen molar-refractivity contribution in [2.75, 3.05) is 14.2 Å². The highest BCUT2D eigenvalue weighted by Crippen LogP contribution is 2.24. The molecule has 2 atom stereocenters. The minimum Gasteiger partial charge on any atom is -0.496 e. The average Bonchev–Trinajstić information content (AvgIpc) is 2.37. The zero-order valence-electron chi connectivity index (χ0n) is 12.2. The van der Waals surface area contributed by atoms with Crippen molar-refractivity contribution < 1.29 is 9.53 Å². The molecular formula is C14H22BrClN2O2. The Kier molecular flexibility index (Phi) is 8.16. The number of hydrogen-bond donors (Lipinski definition) is 1. The normalized spacial score (nSPS) is 13.1. The van der Waals surface area contributed by atoms with Gasteiger partial charge in [-0.3, -0.25) is 4.79 Å². The van der Waals surface area contributed by atoms with E-state index < -0.39 is 0 Å². The Balaban J connectivity index is 0.00000361. The van der Waals surface area contributed by atoms with Crippen molar-refractivity contribution in [3.05, 3.63) is 28.2 Å². The molecule has 0 spiro atoms. The quantitative estimate of drug-likeness (QED) is 0.873. The van der Waals surface area contributed by atoms with E-state index in [-0.39, 0.29) is 30.3 Å². The van der Waals surface area contributed by atoms with Crippen LogP contribution in [0.25, 0.3) is 0 Å². The van der Waals surface area contributed by atoms with E-state index >= 15 is 0 Å². The van der Waals surface area contributed by atoms with Gasteiger partial charge < -0.3 is 15.4 Å². The molecule has 114 valence electrons. The Morgan fingerprint density at radius 1 is 1.45 bits per heavy atom. The van der Waals surface area contributed by atoms with Crippen LogP contribution in [0.15, 0.2) is 22.7 Å². The van der Waals surface area contributed by atoms with Crippen molar-refractivity contribution >= 4 is 34.2 Å². The van der Waals surface area contributed by atoms with Gasteiger partial charge >= 0.3 is 0 Å². The molecule has 1 rings (SSSR count). The molecule has 0 aromatic heterocycles. The van der Waals surface area contributed by atoms with E-state index in [1.54, 1.807) is 19.1 Å². The number of ether oxygens (including phenoxy) is 1. The third-order valence-electron chi connectivity index (χ3n) is 3.20. The summed E-state index contributed by atoms with van der Waals surface area (Å²) in [6.07, 6.45) is 0.